The molecule has 3 N–H and O–H groups in total. The standard InChI is InChI=1S/C27H32N2/c1-6-8-9-13-20(3)21(4)18-22(12-7-2)23-16-17-26(28)25(19-23)24-14-10-11-15-27(24)29-5/h7,9-19,29H,2-3,6,8,28H2,1,4-5H3/b13-9-,21-18+,22-12+. The Morgan fingerprint density at radius 1 is 1.14 bits per heavy atom. The van der Waals surface area contributed by atoms with E-state index in [0.717, 1.165) is 57.6 Å². The minimum absolute atomic E-state index is 0.752. The summed E-state index contributed by atoms with van der Waals surface area (Å²) in [6.07, 6.45) is 12.5. The zero-order valence-electron chi connectivity index (χ0n) is 17.8. The normalized spacial score (nSPS) is 12.2. The highest BCUT2D eigenvalue weighted by molar-refractivity contribution is 5.89. The van der Waals surface area contributed by atoms with Crippen LogP contribution in [-0.4, -0.2) is 7.05 Å². The summed E-state index contributed by atoms with van der Waals surface area (Å²) < 4.78 is 0. The number of anilines is 2. The van der Waals surface area contributed by atoms with E-state index < -0.39 is 0 Å². The van der Waals surface area contributed by atoms with Crippen molar-refractivity contribution in [2.45, 2.75) is 26.7 Å². The monoisotopic (exact) mass is 384 g/mol. The number of rotatable bonds is 9. The third-order valence-electron chi connectivity index (χ3n) is 4.82. The van der Waals surface area contributed by atoms with Crippen LogP contribution < -0.4 is 11.1 Å². The van der Waals surface area contributed by atoms with Crippen molar-refractivity contribution in [1.82, 2.24) is 0 Å². The van der Waals surface area contributed by atoms with Gasteiger partial charge in [0, 0.05) is 29.5 Å². The molecule has 2 aromatic carbocycles. The fourth-order valence-electron chi connectivity index (χ4n) is 3.11. The predicted molar refractivity (Wildman–Crippen MR) is 131 cm³/mol. The molecule has 0 heterocycles. The molecule has 0 aromatic heterocycles. The summed E-state index contributed by atoms with van der Waals surface area (Å²) in [6, 6.07) is 14.3. The fourth-order valence-corrected chi connectivity index (χ4v) is 3.11. The first-order valence-electron chi connectivity index (χ1n) is 10.1. The van der Waals surface area contributed by atoms with Crippen LogP contribution in [0.2, 0.25) is 0 Å². The summed E-state index contributed by atoms with van der Waals surface area (Å²) in [5, 5.41) is 3.25. The fraction of sp³-hybridized carbons (Fsp3) is 0.185. The molecule has 0 amide bonds. The molecule has 0 saturated carbocycles. The lowest BCUT2D eigenvalue weighted by atomic mass is 9.94. The summed E-state index contributed by atoms with van der Waals surface area (Å²) >= 11 is 0. The van der Waals surface area contributed by atoms with Gasteiger partial charge < -0.3 is 11.1 Å². The van der Waals surface area contributed by atoms with Crippen molar-refractivity contribution < 1.29 is 0 Å². The van der Waals surface area contributed by atoms with E-state index in [1.807, 2.05) is 37.4 Å². The van der Waals surface area contributed by atoms with E-state index in [9.17, 15) is 0 Å². The van der Waals surface area contributed by atoms with Gasteiger partial charge in [-0.05, 0) is 53.8 Å². The molecule has 29 heavy (non-hydrogen) atoms. The van der Waals surface area contributed by atoms with Crippen LogP contribution in [0.4, 0.5) is 11.4 Å². The number of para-hydroxylation sites is 1. The maximum Gasteiger partial charge on any atom is 0.0418 e. The molecular weight excluding hydrogens is 352 g/mol. The van der Waals surface area contributed by atoms with E-state index in [4.69, 9.17) is 5.73 Å². The molecular formula is C27H32N2. The molecule has 0 aliphatic heterocycles. The summed E-state index contributed by atoms with van der Waals surface area (Å²) in [5.41, 5.74) is 14.5. The molecule has 2 aromatic rings. The number of allylic oxidation sites excluding steroid dienone is 8. The molecule has 0 bridgehead atoms. The van der Waals surface area contributed by atoms with Gasteiger partial charge in [-0.3, -0.25) is 0 Å². The first kappa shape index (κ1) is 22.0. The van der Waals surface area contributed by atoms with Crippen molar-refractivity contribution in [3.8, 4) is 11.1 Å². The molecule has 0 aliphatic carbocycles. The van der Waals surface area contributed by atoms with Crippen LogP contribution in [0.25, 0.3) is 16.7 Å². The SMILES string of the molecule is C=C/C=C(\C=C(/C)C(=C)/C=C\CCC)c1ccc(N)c(-c2ccccc2NC)c1. The lowest BCUT2D eigenvalue weighted by molar-refractivity contribution is 0.958. The minimum Gasteiger partial charge on any atom is -0.398 e. The Balaban J connectivity index is 2.47. The van der Waals surface area contributed by atoms with Gasteiger partial charge in [-0.25, -0.2) is 0 Å². The molecule has 150 valence electrons. The molecule has 0 radical (unpaired) electrons. The molecule has 0 aliphatic rings. The number of hydrogen-bond acceptors (Lipinski definition) is 2. The highest BCUT2D eigenvalue weighted by atomic mass is 14.8. The second-order valence-corrected chi connectivity index (χ2v) is 7.00. The van der Waals surface area contributed by atoms with Crippen molar-refractivity contribution >= 4 is 16.9 Å². The van der Waals surface area contributed by atoms with E-state index >= 15 is 0 Å². The van der Waals surface area contributed by atoms with Gasteiger partial charge in [0.05, 0.1) is 0 Å². The van der Waals surface area contributed by atoms with E-state index in [2.05, 4.69) is 74.8 Å². The maximum atomic E-state index is 6.33. The van der Waals surface area contributed by atoms with Gasteiger partial charge in [0.1, 0.15) is 0 Å². The lowest BCUT2D eigenvalue weighted by Crippen LogP contribution is -1.96. The van der Waals surface area contributed by atoms with Gasteiger partial charge in [-0.15, -0.1) is 0 Å². The third-order valence-corrected chi connectivity index (χ3v) is 4.82. The van der Waals surface area contributed by atoms with Crippen LogP contribution in [0.1, 0.15) is 32.3 Å². The van der Waals surface area contributed by atoms with Crippen LogP contribution in [0.15, 0.2) is 97.1 Å². The van der Waals surface area contributed by atoms with Crippen molar-refractivity contribution in [1.29, 1.82) is 0 Å². The third kappa shape index (κ3) is 5.86. The molecule has 0 atom stereocenters. The van der Waals surface area contributed by atoms with Gasteiger partial charge in [-0.2, -0.15) is 0 Å². The topological polar surface area (TPSA) is 38.0 Å². The Hall–Kier alpha value is -3.26. The number of benzene rings is 2. The van der Waals surface area contributed by atoms with Crippen molar-refractivity contribution in [3.63, 3.8) is 0 Å². The summed E-state index contributed by atoms with van der Waals surface area (Å²) in [4.78, 5) is 0. The van der Waals surface area contributed by atoms with Gasteiger partial charge >= 0.3 is 0 Å². The molecule has 0 spiro atoms. The first-order valence-corrected chi connectivity index (χ1v) is 10.1. The second kappa shape index (κ2) is 10.9. The average molecular weight is 385 g/mol. The van der Waals surface area contributed by atoms with E-state index in [0.29, 0.717) is 0 Å². The van der Waals surface area contributed by atoms with Crippen molar-refractivity contribution in [2.75, 3.05) is 18.1 Å². The molecule has 2 nitrogen and oxygen atoms in total. The van der Waals surface area contributed by atoms with Crippen LogP contribution in [-0.2, 0) is 0 Å². The van der Waals surface area contributed by atoms with Gasteiger partial charge in [0.25, 0.3) is 0 Å². The van der Waals surface area contributed by atoms with Gasteiger partial charge in [-0.1, -0.05) is 81.1 Å². The van der Waals surface area contributed by atoms with Crippen LogP contribution in [0.5, 0.6) is 0 Å². The summed E-state index contributed by atoms with van der Waals surface area (Å²) in [5.74, 6) is 0. The Morgan fingerprint density at radius 2 is 1.90 bits per heavy atom. The number of unbranched alkanes of at least 4 members (excludes halogenated alkanes) is 1. The van der Waals surface area contributed by atoms with Gasteiger partial charge in [0.15, 0.2) is 0 Å². The smallest absolute Gasteiger partial charge is 0.0418 e. The first-order chi connectivity index (χ1) is 14.0. The van der Waals surface area contributed by atoms with E-state index in [1.54, 1.807) is 0 Å². The maximum absolute atomic E-state index is 6.33. The number of nitrogen functional groups attached to an aromatic ring is 1. The Kier molecular flexibility index (Phi) is 8.29. The number of nitrogens with two attached hydrogens (primary N) is 1. The largest absolute Gasteiger partial charge is 0.398 e. The summed E-state index contributed by atoms with van der Waals surface area (Å²) in [7, 11) is 1.92. The van der Waals surface area contributed by atoms with Crippen molar-refractivity contribution in [3.05, 3.63) is 103 Å². The summed E-state index contributed by atoms with van der Waals surface area (Å²) in [6.45, 7) is 12.3. The van der Waals surface area contributed by atoms with E-state index in [-0.39, 0.29) is 0 Å². The highest BCUT2D eigenvalue weighted by Gasteiger charge is 2.10. The second-order valence-electron chi connectivity index (χ2n) is 7.00. The van der Waals surface area contributed by atoms with Crippen molar-refractivity contribution in [2.24, 2.45) is 0 Å². The number of nitrogens with one attached hydrogen (secondary N) is 1. The van der Waals surface area contributed by atoms with Crippen LogP contribution in [0, 0.1) is 0 Å². The predicted octanol–water partition coefficient (Wildman–Crippen LogP) is 7.41. The Labute approximate surface area is 175 Å². The molecule has 0 fully saturated rings. The zero-order chi connectivity index (χ0) is 21.2. The molecule has 0 saturated heterocycles. The minimum atomic E-state index is 0.752. The highest BCUT2D eigenvalue weighted by Crippen LogP contribution is 2.34. The average Bonchev–Trinajstić information content (AvgIpc) is 2.73. The molecule has 2 heteroatoms. The number of hydrogen-bond donors (Lipinski definition) is 2. The quantitative estimate of drug-likeness (QED) is 0.349. The Bertz CT molecular complexity index is 958. The molecule has 2 rings (SSSR count). The Morgan fingerprint density at radius 3 is 2.59 bits per heavy atom. The van der Waals surface area contributed by atoms with Gasteiger partial charge in [0.2, 0.25) is 0 Å². The molecule has 0 unspecified atom stereocenters. The zero-order valence-corrected chi connectivity index (χ0v) is 17.8. The van der Waals surface area contributed by atoms with Crippen LogP contribution in [0.3, 0.4) is 0 Å². The lowest BCUT2D eigenvalue weighted by Gasteiger charge is -2.14. The van der Waals surface area contributed by atoms with E-state index in [1.165, 1.54) is 0 Å². The van der Waals surface area contributed by atoms with Crippen LogP contribution >= 0.6 is 0 Å².